The molecule has 5 nitrogen and oxygen atoms in total. The second-order valence-corrected chi connectivity index (χ2v) is 9.88. The van der Waals surface area contributed by atoms with Gasteiger partial charge in [0.1, 0.15) is 17.4 Å². The number of rotatable bonds is 10. The molecule has 0 aliphatic carbocycles. The standard InChI is InChI=1S/C28H30ClN3O2S/c1-4-5-15-31(3)28(33)22-16-25(32(20(22)2)17-21-11-7-6-8-12-21)24-19-35-27(30-24)18-34-26-14-10-9-13-23(26)29/h6-14,16,19H,4-5,15,17-18H2,1-3H3. The summed E-state index contributed by atoms with van der Waals surface area (Å²) in [6.45, 7) is 5.89. The zero-order valence-corrected chi connectivity index (χ0v) is 21.9. The summed E-state index contributed by atoms with van der Waals surface area (Å²) in [7, 11) is 1.87. The van der Waals surface area contributed by atoms with Crippen LogP contribution >= 0.6 is 22.9 Å². The van der Waals surface area contributed by atoms with Gasteiger partial charge in [-0.2, -0.15) is 0 Å². The van der Waals surface area contributed by atoms with E-state index in [1.807, 2.05) is 66.7 Å². The Hall–Kier alpha value is -3.09. The summed E-state index contributed by atoms with van der Waals surface area (Å²) in [5.74, 6) is 0.679. The molecular formula is C28H30ClN3O2S. The van der Waals surface area contributed by atoms with Crippen molar-refractivity contribution >= 4 is 28.8 Å². The predicted molar refractivity (Wildman–Crippen MR) is 143 cm³/mol. The average molecular weight is 508 g/mol. The second kappa shape index (κ2) is 11.6. The van der Waals surface area contributed by atoms with Gasteiger partial charge in [-0.25, -0.2) is 4.98 Å². The molecule has 0 aliphatic rings. The molecule has 0 bridgehead atoms. The van der Waals surface area contributed by atoms with E-state index in [4.69, 9.17) is 21.3 Å². The molecule has 0 radical (unpaired) electrons. The molecule has 0 spiro atoms. The molecular weight excluding hydrogens is 478 g/mol. The highest BCUT2D eigenvalue weighted by molar-refractivity contribution is 7.09. The van der Waals surface area contributed by atoms with E-state index in [2.05, 4.69) is 23.6 Å². The van der Waals surface area contributed by atoms with Crippen molar-refractivity contribution in [1.82, 2.24) is 14.5 Å². The van der Waals surface area contributed by atoms with Crippen LogP contribution < -0.4 is 4.74 Å². The first-order valence-corrected chi connectivity index (χ1v) is 13.0. The van der Waals surface area contributed by atoms with Gasteiger partial charge in [-0.05, 0) is 37.1 Å². The molecule has 0 atom stereocenters. The van der Waals surface area contributed by atoms with Gasteiger partial charge in [0, 0.05) is 31.2 Å². The summed E-state index contributed by atoms with van der Waals surface area (Å²) >= 11 is 7.75. The van der Waals surface area contributed by atoms with E-state index in [9.17, 15) is 4.79 Å². The minimum absolute atomic E-state index is 0.0431. The van der Waals surface area contributed by atoms with Gasteiger partial charge in [0.2, 0.25) is 0 Å². The molecule has 0 N–H and O–H groups in total. The van der Waals surface area contributed by atoms with E-state index in [0.717, 1.165) is 47.0 Å². The fourth-order valence-electron chi connectivity index (χ4n) is 3.94. The Bertz CT molecular complexity index is 1280. The Morgan fingerprint density at radius 1 is 1.14 bits per heavy atom. The molecule has 4 aromatic rings. The average Bonchev–Trinajstić information content (AvgIpc) is 3.47. The van der Waals surface area contributed by atoms with Gasteiger partial charge in [-0.15, -0.1) is 11.3 Å². The van der Waals surface area contributed by atoms with Crippen molar-refractivity contribution < 1.29 is 9.53 Å². The highest BCUT2D eigenvalue weighted by atomic mass is 35.5. The summed E-state index contributed by atoms with van der Waals surface area (Å²) in [4.78, 5) is 19.9. The summed E-state index contributed by atoms with van der Waals surface area (Å²) < 4.78 is 8.07. The minimum atomic E-state index is 0.0431. The van der Waals surface area contributed by atoms with E-state index in [-0.39, 0.29) is 5.91 Å². The molecule has 4 rings (SSSR count). The number of carbonyl (C=O) groups is 1. The lowest BCUT2D eigenvalue weighted by molar-refractivity contribution is 0.0792. The van der Waals surface area contributed by atoms with Crippen LogP contribution in [0.3, 0.4) is 0 Å². The van der Waals surface area contributed by atoms with Crippen LogP contribution in [0, 0.1) is 6.92 Å². The molecule has 0 saturated heterocycles. The number of benzene rings is 2. The number of carbonyl (C=O) groups excluding carboxylic acids is 1. The molecule has 0 saturated carbocycles. The van der Waals surface area contributed by atoms with Crippen LogP contribution in [0.4, 0.5) is 0 Å². The van der Waals surface area contributed by atoms with Gasteiger partial charge in [0.05, 0.1) is 22.0 Å². The van der Waals surface area contributed by atoms with E-state index in [1.54, 1.807) is 6.07 Å². The van der Waals surface area contributed by atoms with Crippen LogP contribution in [0.5, 0.6) is 5.75 Å². The number of hydrogen-bond acceptors (Lipinski definition) is 4. The van der Waals surface area contributed by atoms with Gasteiger partial charge in [0.25, 0.3) is 5.91 Å². The van der Waals surface area contributed by atoms with Crippen molar-refractivity contribution in [3.8, 4) is 17.1 Å². The van der Waals surface area contributed by atoms with Crippen LogP contribution in [-0.2, 0) is 13.2 Å². The minimum Gasteiger partial charge on any atom is -0.485 e. The maximum Gasteiger partial charge on any atom is 0.255 e. The molecule has 0 unspecified atom stereocenters. The zero-order chi connectivity index (χ0) is 24.8. The first-order chi connectivity index (χ1) is 17.0. The van der Waals surface area contributed by atoms with E-state index < -0.39 is 0 Å². The van der Waals surface area contributed by atoms with Crippen LogP contribution in [0.25, 0.3) is 11.4 Å². The molecule has 7 heteroatoms. The monoisotopic (exact) mass is 507 g/mol. The Labute approximate surface area is 216 Å². The van der Waals surface area contributed by atoms with Crippen LogP contribution in [0.2, 0.25) is 5.02 Å². The molecule has 182 valence electrons. The predicted octanol–water partition coefficient (Wildman–Crippen LogP) is 7.07. The number of ether oxygens (including phenoxy) is 1. The lowest BCUT2D eigenvalue weighted by Crippen LogP contribution is -2.28. The Morgan fingerprint density at radius 3 is 2.63 bits per heavy atom. The summed E-state index contributed by atoms with van der Waals surface area (Å²) in [5, 5.41) is 3.45. The van der Waals surface area contributed by atoms with Crippen molar-refractivity contribution in [2.45, 2.75) is 39.8 Å². The maximum atomic E-state index is 13.3. The van der Waals surface area contributed by atoms with Crippen molar-refractivity contribution in [2.24, 2.45) is 0 Å². The third kappa shape index (κ3) is 5.95. The van der Waals surface area contributed by atoms with Gasteiger partial charge < -0.3 is 14.2 Å². The lowest BCUT2D eigenvalue weighted by atomic mass is 10.2. The van der Waals surface area contributed by atoms with E-state index in [0.29, 0.717) is 23.9 Å². The first kappa shape index (κ1) is 25.0. The number of hydrogen-bond donors (Lipinski definition) is 0. The number of halogens is 1. The maximum absolute atomic E-state index is 13.3. The number of nitrogens with zero attached hydrogens (tertiary/aromatic N) is 3. The molecule has 35 heavy (non-hydrogen) atoms. The largest absolute Gasteiger partial charge is 0.485 e. The van der Waals surface area contributed by atoms with Gasteiger partial charge >= 0.3 is 0 Å². The quantitative estimate of drug-likeness (QED) is 0.230. The Balaban J connectivity index is 1.64. The molecule has 0 fully saturated rings. The van der Waals surface area contributed by atoms with E-state index >= 15 is 0 Å². The summed E-state index contributed by atoms with van der Waals surface area (Å²) in [6.07, 6.45) is 2.04. The van der Waals surface area contributed by atoms with Crippen LogP contribution in [-0.4, -0.2) is 34.0 Å². The highest BCUT2D eigenvalue weighted by Gasteiger charge is 2.22. The lowest BCUT2D eigenvalue weighted by Gasteiger charge is -2.17. The number of aromatic nitrogens is 2. The zero-order valence-electron chi connectivity index (χ0n) is 20.3. The molecule has 2 aromatic carbocycles. The van der Waals surface area contributed by atoms with Gasteiger partial charge in [-0.1, -0.05) is 67.4 Å². The number of amides is 1. The topological polar surface area (TPSA) is 47.4 Å². The fraction of sp³-hybridized carbons (Fsp3) is 0.286. The Kier molecular flexibility index (Phi) is 8.26. The van der Waals surface area contributed by atoms with Gasteiger partial charge in [-0.3, -0.25) is 4.79 Å². The number of unbranched alkanes of at least 4 members (excludes halogenated alkanes) is 1. The van der Waals surface area contributed by atoms with Crippen molar-refractivity contribution in [3.05, 3.63) is 92.9 Å². The first-order valence-electron chi connectivity index (χ1n) is 11.8. The van der Waals surface area contributed by atoms with Crippen molar-refractivity contribution in [1.29, 1.82) is 0 Å². The van der Waals surface area contributed by atoms with Crippen molar-refractivity contribution in [3.63, 3.8) is 0 Å². The fourth-order valence-corrected chi connectivity index (χ4v) is 4.83. The van der Waals surface area contributed by atoms with Crippen LogP contribution in [0.15, 0.2) is 66.0 Å². The molecule has 1 amide bonds. The number of thiazole rings is 1. The summed E-state index contributed by atoms with van der Waals surface area (Å²) in [5.41, 5.74) is 4.60. The van der Waals surface area contributed by atoms with Crippen LogP contribution in [0.1, 0.15) is 46.4 Å². The molecule has 2 aromatic heterocycles. The SMILES string of the molecule is CCCCN(C)C(=O)c1cc(-c2csc(COc3ccccc3Cl)n2)n(Cc2ccccc2)c1C. The van der Waals surface area contributed by atoms with Gasteiger partial charge in [0.15, 0.2) is 0 Å². The third-order valence-corrected chi connectivity index (χ3v) is 7.11. The molecule has 0 aliphatic heterocycles. The summed E-state index contributed by atoms with van der Waals surface area (Å²) in [6, 6.07) is 19.7. The second-order valence-electron chi connectivity index (χ2n) is 8.53. The normalized spacial score (nSPS) is 11.0. The highest BCUT2D eigenvalue weighted by Crippen LogP contribution is 2.30. The Morgan fingerprint density at radius 2 is 1.89 bits per heavy atom. The smallest absolute Gasteiger partial charge is 0.255 e. The van der Waals surface area contributed by atoms with E-state index in [1.165, 1.54) is 16.9 Å². The van der Waals surface area contributed by atoms with Crippen molar-refractivity contribution in [2.75, 3.05) is 13.6 Å². The third-order valence-electron chi connectivity index (χ3n) is 5.98. The number of para-hydroxylation sites is 1. The molecule has 2 heterocycles.